The van der Waals surface area contributed by atoms with Crippen LogP contribution in [0.5, 0.6) is 23.0 Å². The molecular formula is C58H54N2O4. The summed E-state index contributed by atoms with van der Waals surface area (Å²) in [4.78, 5) is 0. The normalized spacial score (nSPS) is 14.8. The second-order valence-corrected chi connectivity index (χ2v) is 16.5. The molecular weight excluding hydrogens is 789 g/mol. The van der Waals surface area contributed by atoms with Gasteiger partial charge >= 0.3 is 0 Å². The van der Waals surface area contributed by atoms with Crippen LogP contribution in [0.25, 0.3) is 44.5 Å². The Morgan fingerprint density at radius 3 is 1.14 bits per heavy atom. The van der Waals surface area contributed by atoms with E-state index in [4.69, 9.17) is 9.47 Å². The lowest BCUT2D eigenvalue weighted by molar-refractivity contribution is 0.279. The van der Waals surface area contributed by atoms with Gasteiger partial charge in [0.05, 0.1) is 0 Å². The molecule has 1 saturated carbocycles. The van der Waals surface area contributed by atoms with Gasteiger partial charge in [0.25, 0.3) is 0 Å². The monoisotopic (exact) mass is 842 g/mol. The Bertz CT molecular complexity index is 2600. The van der Waals surface area contributed by atoms with Crippen molar-refractivity contribution in [3.63, 3.8) is 0 Å². The van der Waals surface area contributed by atoms with Crippen molar-refractivity contribution in [3.05, 3.63) is 216 Å². The van der Waals surface area contributed by atoms with E-state index < -0.39 is 0 Å². The maximum Gasteiger partial charge on any atom is 0.128 e. The first-order valence-corrected chi connectivity index (χ1v) is 22.4. The number of rotatable bonds is 16. The molecule has 6 heteroatoms. The van der Waals surface area contributed by atoms with Gasteiger partial charge in [-0.15, -0.1) is 0 Å². The molecule has 0 bridgehead atoms. The third-order valence-electron chi connectivity index (χ3n) is 12.4. The first-order valence-electron chi connectivity index (χ1n) is 22.4. The van der Waals surface area contributed by atoms with Crippen molar-refractivity contribution in [1.29, 1.82) is 0 Å². The first-order chi connectivity index (χ1) is 31.6. The number of hydrogen-bond donors (Lipinski definition) is 4. The molecule has 1 unspecified atom stereocenters. The number of phenolic OH excluding ortho intramolecular Hbond substituents is 2. The van der Waals surface area contributed by atoms with E-state index in [1.54, 1.807) is 0 Å². The van der Waals surface area contributed by atoms with Gasteiger partial charge in [0.1, 0.15) is 36.2 Å². The van der Waals surface area contributed by atoms with Crippen LogP contribution >= 0.6 is 0 Å². The van der Waals surface area contributed by atoms with Gasteiger partial charge in [-0.05, 0) is 58.4 Å². The van der Waals surface area contributed by atoms with E-state index in [0.29, 0.717) is 26.3 Å². The van der Waals surface area contributed by atoms with Gasteiger partial charge < -0.3 is 30.3 Å². The summed E-state index contributed by atoms with van der Waals surface area (Å²) in [5.74, 6) is 1.94. The molecule has 0 spiro atoms. The number of hydrogen-bond acceptors (Lipinski definition) is 6. The molecule has 2 atom stereocenters. The van der Waals surface area contributed by atoms with Crippen molar-refractivity contribution in [2.75, 3.05) is 0 Å². The lowest BCUT2D eigenvalue weighted by Gasteiger charge is -2.33. The molecule has 0 radical (unpaired) electrons. The van der Waals surface area contributed by atoms with Crippen LogP contribution in [0.2, 0.25) is 0 Å². The fourth-order valence-electron chi connectivity index (χ4n) is 9.04. The minimum absolute atomic E-state index is 0.190. The maximum atomic E-state index is 11.8. The van der Waals surface area contributed by atoms with E-state index in [2.05, 4.69) is 95.6 Å². The van der Waals surface area contributed by atoms with Crippen molar-refractivity contribution in [1.82, 2.24) is 10.6 Å². The lowest BCUT2D eigenvalue weighted by Crippen LogP contribution is -2.49. The Hall–Kier alpha value is -7.12. The predicted octanol–water partition coefficient (Wildman–Crippen LogP) is 13.1. The van der Waals surface area contributed by atoms with Crippen LogP contribution in [-0.4, -0.2) is 22.3 Å². The van der Waals surface area contributed by atoms with Gasteiger partial charge in [0.2, 0.25) is 0 Å². The van der Waals surface area contributed by atoms with E-state index in [-0.39, 0.29) is 23.6 Å². The molecule has 8 aromatic rings. The van der Waals surface area contributed by atoms with Crippen molar-refractivity contribution in [3.8, 4) is 67.5 Å². The highest BCUT2D eigenvalue weighted by molar-refractivity contribution is 5.78. The molecule has 0 saturated heterocycles. The summed E-state index contributed by atoms with van der Waals surface area (Å²) in [5.41, 5.74) is 11.6. The van der Waals surface area contributed by atoms with Crippen LogP contribution in [0.1, 0.15) is 47.9 Å². The molecule has 4 N–H and O–H groups in total. The summed E-state index contributed by atoms with van der Waals surface area (Å²) in [5, 5.41) is 31.1. The number of aromatic hydroxyl groups is 2. The van der Waals surface area contributed by atoms with Crippen LogP contribution < -0.4 is 20.1 Å². The fourth-order valence-corrected chi connectivity index (χ4v) is 9.04. The number of ether oxygens (including phenoxy) is 2. The van der Waals surface area contributed by atoms with E-state index in [1.165, 1.54) is 0 Å². The molecule has 1 aliphatic rings. The average Bonchev–Trinajstić information content (AvgIpc) is 3.36. The Labute approximate surface area is 376 Å². The summed E-state index contributed by atoms with van der Waals surface area (Å²) in [7, 11) is 0. The Kier molecular flexibility index (Phi) is 13.4. The molecule has 6 nitrogen and oxygen atoms in total. The highest BCUT2D eigenvalue weighted by atomic mass is 16.5. The zero-order chi connectivity index (χ0) is 43.5. The summed E-state index contributed by atoms with van der Waals surface area (Å²) in [6.45, 7) is 1.83. The quantitative estimate of drug-likeness (QED) is 0.0776. The average molecular weight is 843 g/mol. The minimum atomic E-state index is 0.190. The smallest absolute Gasteiger partial charge is 0.128 e. The second kappa shape index (κ2) is 20.4. The molecule has 8 aromatic carbocycles. The van der Waals surface area contributed by atoms with Gasteiger partial charge in [-0.2, -0.15) is 0 Å². The van der Waals surface area contributed by atoms with Gasteiger partial charge in [0.15, 0.2) is 0 Å². The molecule has 1 fully saturated rings. The third-order valence-corrected chi connectivity index (χ3v) is 12.4. The second-order valence-electron chi connectivity index (χ2n) is 16.5. The zero-order valence-electron chi connectivity index (χ0n) is 36.0. The lowest BCUT2D eigenvalue weighted by atomic mass is 9.89. The molecule has 0 amide bonds. The largest absolute Gasteiger partial charge is 0.507 e. The Morgan fingerprint density at radius 2 is 0.703 bits per heavy atom. The van der Waals surface area contributed by atoms with Gasteiger partial charge in [-0.3, -0.25) is 0 Å². The van der Waals surface area contributed by atoms with E-state index in [9.17, 15) is 10.2 Å². The van der Waals surface area contributed by atoms with Crippen molar-refractivity contribution in [2.24, 2.45) is 0 Å². The van der Waals surface area contributed by atoms with Crippen molar-refractivity contribution >= 4 is 0 Å². The number of benzene rings is 8. The van der Waals surface area contributed by atoms with Crippen molar-refractivity contribution < 1.29 is 19.7 Å². The third kappa shape index (κ3) is 9.74. The molecule has 64 heavy (non-hydrogen) atoms. The fraction of sp³-hybridized carbons (Fsp3) is 0.172. The number of nitrogens with one attached hydrogen (secondary N) is 2. The summed E-state index contributed by atoms with van der Waals surface area (Å²) in [6.07, 6.45) is 4.30. The molecule has 0 heterocycles. The number of para-hydroxylation sites is 4. The molecule has 320 valence electrons. The standard InChI is InChI=1S/C58H54N2O4/c61-57-43(25-17-31-51(57)49-29-11-15-35-55(49)63-39-45-23-7-9-27-47(45)41-19-3-1-4-20-41)37-59-53-33-13-14-34-54(53)60-38-44-26-18-32-52(58(44)62)50-30-12-16-36-56(50)64-40-46-24-8-10-28-48(46)42-21-5-2-6-22-42/h1-12,15-32,35-36,53-54,59-62H,13-14,33-34,37-40H2/t53-,54?/m0/s1. The van der Waals surface area contributed by atoms with Gasteiger partial charge in [-0.1, -0.05) is 195 Å². The van der Waals surface area contributed by atoms with Crippen LogP contribution in [0.15, 0.2) is 194 Å². The zero-order valence-corrected chi connectivity index (χ0v) is 36.0. The maximum absolute atomic E-state index is 11.8. The van der Waals surface area contributed by atoms with Crippen LogP contribution in [0.4, 0.5) is 0 Å². The van der Waals surface area contributed by atoms with Gasteiger partial charge in [-0.25, -0.2) is 0 Å². The summed E-state index contributed by atoms with van der Waals surface area (Å²) >= 11 is 0. The SMILES string of the molecule is Oc1c(CNC2CCCC[C@@H]2NCc2cccc(-c3ccccc3OCc3ccccc3-c3ccccc3)c2O)cccc1-c1ccccc1OCc1ccccc1-c1ccccc1. The molecule has 9 rings (SSSR count). The van der Waals surface area contributed by atoms with Crippen LogP contribution in [0, 0.1) is 0 Å². The Balaban J connectivity index is 0.857. The van der Waals surface area contributed by atoms with Crippen LogP contribution in [0.3, 0.4) is 0 Å². The topological polar surface area (TPSA) is 83.0 Å². The molecule has 1 aliphatic carbocycles. The van der Waals surface area contributed by atoms with E-state index >= 15 is 0 Å². The minimum Gasteiger partial charge on any atom is -0.507 e. The van der Waals surface area contributed by atoms with Gasteiger partial charge in [0, 0.05) is 58.6 Å². The summed E-state index contributed by atoms with van der Waals surface area (Å²) in [6, 6.07) is 65.5. The number of phenols is 2. The Morgan fingerprint density at radius 1 is 0.359 bits per heavy atom. The highest BCUT2D eigenvalue weighted by Crippen LogP contribution is 2.40. The predicted molar refractivity (Wildman–Crippen MR) is 259 cm³/mol. The summed E-state index contributed by atoms with van der Waals surface area (Å²) < 4.78 is 13.0. The molecule has 0 aromatic heterocycles. The molecule has 0 aliphatic heterocycles. The first kappa shape index (κ1) is 42.2. The van der Waals surface area contributed by atoms with E-state index in [0.717, 1.165) is 104 Å². The van der Waals surface area contributed by atoms with Crippen LogP contribution in [-0.2, 0) is 26.3 Å². The highest BCUT2D eigenvalue weighted by Gasteiger charge is 2.26. The van der Waals surface area contributed by atoms with E-state index in [1.807, 2.05) is 109 Å². The van der Waals surface area contributed by atoms with Crippen molar-refractivity contribution in [2.45, 2.75) is 64.1 Å².